The van der Waals surface area contributed by atoms with Crippen LogP contribution in [0.4, 0.5) is 0 Å². The Labute approximate surface area is 73.5 Å². The Balaban J connectivity index is 2.59. The summed E-state index contributed by atoms with van der Waals surface area (Å²) < 4.78 is 22.5. The average molecular weight is 184 g/mol. The molecule has 0 bridgehead atoms. The van der Waals surface area contributed by atoms with E-state index in [9.17, 15) is 8.42 Å². The van der Waals surface area contributed by atoms with E-state index in [1.165, 1.54) is 6.54 Å². The van der Waals surface area contributed by atoms with Crippen molar-refractivity contribution >= 4 is 10.9 Å². The van der Waals surface area contributed by atoms with E-state index in [1.807, 2.05) is 31.2 Å². The summed E-state index contributed by atoms with van der Waals surface area (Å²) in [4.78, 5) is 0. The van der Waals surface area contributed by atoms with Gasteiger partial charge in [-0.05, 0) is 12.5 Å². The van der Waals surface area contributed by atoms with Crippen LogP contribution >= 0.6 is 0 Å². The summed E-state index contributed by atoms with van der Waals surface area (Å²) >= 11 is 0. The lowest BCUT2D eigenvalue weighted by atomic mass is 10.2. The molecule has 0 aliphatic carbocycles. The van der Waals surface area contributed by atoms with Gasteiger partial charge in [0.2, 0.25) is 10.9 Å². The van der Waals surface area contributed by atoms with Crippen molar-refractivity contribution in [2.75, 3.05) is 0 Å². The molecule has 4 heteroatoms. The standard InChI is InChI=1S/C8H10NO2S/c1-7-2-4-8(5-3-7)6-9-12(10)11/h2-6,12H,1H3,(H,9,10,11). The first-order valence-electron chi connectivity index (χ1n) is 3.49. The first-order chi connectivity index (χ1) is 5.68. The molecule has 1 aromatic carbocycles. The molecule has 1 radical (unpaired) electrons. The molecule has 1 rings (SSSR count). The summed E-state index contributed by atoms with van der Waals surface area (Å²) in [6.45, 7) is 3.43. The lowest BCUT2D eigenvalue weighted by Gasteiger charge is -1.97. The summed E-state index contributed by atoms with van der Waals surface area (Å²) in [6.07, 6.45) is 0. The molecule has 0 fully saturated rings. The highest BCUT2D eigenvalue weighted by Crippen LogP contribution is 2.03. The monoisotopic (exact) mass is 184 g/mol. The largest absolute Gasteiger partial charge is 0.215 e. The molecule has 65 valence electrons. The zero-order chi connectivity index (χ0) is 8.97. The topological polar surface area (TPSA) is 46.2 Å². The second-order valence-corrected chi connectivity index (χ2v) is 3.21. The van der Waals surface area contributed by atoms with Crippen LogP contribution in [0.3, 0.4) is 0 Å². The van der Waals surface area contributed by atoms with Crippen LogP contribution in [0.15, 0.2) is 24.3 Å². The Bertz CT molecular complexity index is 308. The maximum absolute atomic E-state index is 10.1. The number of rotatable bonds is 3. The second kappa shape index (κ2) is 4.23. The normalized spacial score (nSPS) is 10.5. The molecule has 1 aromatic rings. The Kier molecular flexibility index (Phi) is 3.25. The molecule has 0 aliphatic heterocycles. The van der Waals surface area contributed by atoms with E-state index in [2.05, 4.69) is 4.72 Å². The molecule has 0 aliphatic rings. The van der Waals surface area contributed by atoms with Gasteiger partial charge in [-0.15, -0.1) is 0 Å². The van der Waals surface area contributed by atoms with Gasteiger partial charge < -0.3 is 0 Å². The van der Waals surface area contributed by atoms with Crippen LogP contribution in [-0.4, -0.2) is 8.42 Å². The zero-order valence-corrected chi connectivity index (χ0v) is 7.54. The number of aryl methyl sites for hydroxylation is 1. The van der Waals surface area contributed by atoms with E-state index in [4.69, 9.17) is 0 Å². The molecule has 1 N–H and O–H groups in total. The molecule has 0 saturated heterocycles. The quantitative estimate of drug-likeness (QED) is 0.676. The van der Waals surface area contributed by atoms with Crippen LogP contribution in [0.25, 0.3) is 0 Å². The van der Waals surface area contributed by atoms with Gasteiger partial charge in [-0.3, -0.25) is 0 Å². The molecule has 0 atom stereocenters. The lowest BCUT2D eigenvalue weighted by Crippen LogP contribution is -2.07. The van der Waals surface area contributed by atoms with Crippen molar-refractivity contribution in [2.45, 2.75) is 6.92 Å². The van der Waals surface area contributed by atoms with E-state index >= 15 is 0 Å². The third-order valence-corrected chi connectivity index (χ3v) is 1.75. The van der Waals surface area contributed by atoms with E-state index in [0.29, 0.717) is 0 Å². The highest BCUT2D eigenvalue weighted by Gasteiger charge is 1.91. The van der Waals surface area contributed by atoms with E-state index in [1.54, 1.807) is 0 Å². The van der Waals surface area contributed by atoms with Crippen molar-refractivity contribution in [1.82, 2.24) is 4.72 Å². The summed E-state index contributed by atoms with van der Waals surface area (Å²) in [5.74, 6) is 0. The number of thiol groups is 1. The highest BCUT2D eigenvalue weighted by atomic mass is 32.2. The van der Waals surface area contributed by atoms with Crippen molar-refractivity contribution < 1.29 is 8.42 Å². The molecule has 0 unspecified atom stereocenters. The van der Waals surface area contributed by atoms with Crippen LogP contribution in [0.5, 0.6) is 0 Å². The Morgan fingerprint density at radius 1 is 1.25 bits per heavy atom. The summed E-state index contributed by atoms with van der Waals surface area (Å²) in [5, 5.41) is 0. The highest BCUT2D eigenvalue weighted by molar-refractivity contribution is 7.70. The first kappa shape index (κ1) is 9.22. The van der Waals surface area contributed by atoms with Gasteiger partial charge in [0.05, 0.1) is 6.54 Å². The molecule has 0 aromatic heterocycles. The van der Waals surface area contributed by atoms with Gasteiger partial charge in [0, 0.05) is 0 Å². The minimum Gasteiger partial charge on any atom is -0.215 e. The molecular formula is C8H10NO2S. The van der Waals surface area contributed by atoms with Crippen molar-refractivity contribution in [3.8, 4) is 0 Å². The Morgan fingerprint density at radius 2 is 1.83 bits per heavy atom. The van der Waals surface area contributed by atoms with Gasteiger partial charge in [-0.25, -0.2) is 13.1 Å². The van der Waals surface area contributed by atoms with Crippen LogP contribution in [0.2, 0.25) is 0 Å². The van der Waals surface area contributed by atoms with Gasteiger partial charge in [0.1, 0.15) is 0 Å². The Hall–Kier alpha value is -0.870. The van der Waals surface area contributed by atoms with E-state index in [-0.39, 0.29) is 0 Å². The molecule has 0 heterocycles. The van der Waals surface area contributed by atoms with Gasteiger partial charge in [0.25, 0.3) is 0 Å². The van der Waals surface area contributed by atoms with Crippen molar-refractivity contribution in [3.05, 3.63) is 41.9 Å². The minimum atomic E-state index is -2.54. The second-order valence-electron chi connectivity index (χ2n) is 2.44. The number of hydrogen-bond donors (Lipinski definition) is 2. The average Bonchev–Trinajstić information content (AvgIpc) is 2.03. The third kappa shape index (κ3) is 3.02. The van der Waals surface area contributed by atoms with Crippen molar-refractivity contribution in [3.63, 3.8) is 0 Å². The predicted molar refractivity (Wildman–Crippen MR) is 48.0 cm³/mol. The molecular weight excluding hydrogens is 174 g/mol. The molecule has 0 spiro atoms. The molecule has 0 saturated carbocycles. The van der Waals surface area contributed by atoms with E-state index < -0.39 is 10.9 Å². The molecule has 0 amide bonds. The van der Waals surface area contributed by atoms with Crippen LogP contribution in [-0.2, 0) is 10.9 Å². The number of benzene rings is 1. The van der Waals surface area contributed by atoms with Gasteiger partial charge in [0.15, 0.2) is 0 Å². The fourth-order valence-corrected chi connectivity index (χ4v) is 1.04. The van der Waals surface area contributed by atoms with Gasteiger partial charge in [-0.2, -0.15) is 0 Å². The minimum absolute atomic E-state index is 0.847. The fourth-order valence-electron chi connectivity index (χ4n) is 0.790. The fraction of sp³-hybridized carbons (Fsp3) is 0.125. The SMILES string of the molecule is Cc1ccc([CH]N[SH](=O)=O)cc1. The van der Waals surface area contributed by atoms with Crippen LogP contribution in [0.1, 0.15) is 11.1 Å². The first-order valence-corrected chi connectivity index (χ1v) is 4.66. The van der Waals surface area contributed by atoms with Crippen molar-refractivity contribution in [2.24, 2.45) is 0 Å². The summed E-state index contributed by atoms with van der Waals surface area (Å²) in [6, 6.07) is 7.54. The summed E-state index contributed by atoms with van der Waals surface area (Å²) in [7, 11) is -2.54. The van der Waals surface area contributed by atoms with Gasteiger partial charge in [-0.1, -0.05) is 29.8 Å². The number of nitrogens with one attached hydrogen (secondary N) is 1. The van der Waals surface area contributed by atoms with Gasteiger partial charge >= 0.3 is 0 Å². The van der Waals surface area contributed by atoms with Crippen molar-refractivity contribution in [1.29, 1.82) is 0 Å². The number of hydrogen-bond acceptors (Lipinski definition) is 2. The van der Waals surface area contributed by atoms with Crippen LogP contribution in [0, 0.1) is 13.5 Å². The third-order valence-electron chi connectivity index (χ3n) is 1.41. The molecule has 12 heavy (non-hydrogen) atoms. The van der Waals surface area contributed by atoms with E-state index in [0.717, 1.165) is 11.1 Å². The zero-order valence-electron chi connectivity index (χ0n) is 6.65. The Morgan fingerprint density at radius 3 is 2.33 bits per heavy atom. The maximum Gasteiger partial charge on any atom is 0.202 e. The maximum atomic E-state index is 10.1. The predicted octanol–water partition coefficient (Wildman–Crippen LogP) is 0.621. The smallest absolute Gasteiger partial charge is 0.202 e. The summed E-state index contributed by atoms with van der Waals surface area (Å²) in [5.41, 5.74) is 2.00. The molecule has 3 nitrogen and oxygen atoms in total. The lowest BCUT2D eigenvalue weighted by molar-refractivity contribution is 0.608. The van der Waals surface area contributed by atoms with Crippen LogP contribution < -0.4 is 4.72 Å².